The summed E-state index contributed by atoms with van der Waals surface area (Å²) in [6.07, 6.45) is -10.6. The van der Waals surface area contributed by atoms with Crippen LogP contribution in [0.15, 0.2) is 48.5 Å². The van der Waals surface area contributed by atoms with Crippen molar-refractivity contribution in [3.05, 3.63) is 69.7 Å². The van der Waals surface area contributed by atoms with E-state index in [1.165, 1.54) is 30.3 Å². The normalized spacial score (nSPS) is 15.4. The third-order valence-corrected chi connectivity index (χ3v) is 8.93. The molecule has 1 aliphatic heterocycles. The molecular weight excluding hydrogens is 720 g/mol. The summed E-state index contributed by atoms with van der Waals surface area (Å²) in [4.78, 5) is 32.2. The molecule has 0 unspecified atom stereocenters. The van der Waals surface area contributed by atoms with Gasteiger partial charge in [0.25, 0.3) is 5.91 Å². The van der Waals surface area contributed by atoms with Crippen LogP contribution in [0.3, 0.4) is 0 Å². The molecule has 1 aliphatic rings. The lowest BCUT2D eigenvalue weighted by Gasteiger charge is -2.26. The van der Waals surface area contributed by atoms with Gasteiger partial charge in [-0.1, -0.05) is 29.3 Å². The number of halogens is 9. The first-order valence-corrected chi connectivity index (χ1v) is 15.7. The largest absolute Gasteiger partial charge is 0.573 e. The lowest BCUT2D eigenvalue weighted by Crippen LogP contribution is -2.46. The minimum atomic E-state index is -4.89. The maximum atomic E-state index is 14.3. The molecule has 1 saturated heterocycles. The number of nitrogens with one attached hydrogen (secondary N) is 3. The molecule has 0 bridgehead atoms. The van der Waals surface area contributed by atoms with Crippen LogP contribution in [0.2, 0.25) is 10.0 Å². The lowest BCUT2D eigenvalue weighted by molar-refractivity contribution is -0.274. The highest BCUT2D eigenvalue weighted by Crippen LogP contribution is 2.40. The fourth-order valence-corrected chi connectivity index (χ4v) is 5.67. The van der Waals surface area contributed by atoms with Crippen molar-refractivity contribution in [1.82, 2.24) is 14.9 Å². The lowest BCUT2D eigenvalue weighted by atomic mass is 9.91. The highest BCUT2D eigenvalue weighted by atomic mass is 35.5. The maximum absolute atomic E-state index is 14.3. The van der Waals surface area contributed by atoms with Crippen molar-refractivity contribution in [1.29, 1.82) is 0 Å². The molecule has 1 aromatic heterocycles. The average molecular weight is 750 g/mol. The fraction of sp³-hybridized carbons (Fsp3) is 0.344. The number of amides is 2. The van der Waals surface area contributed by atoms with Crippen LogP contribution in [-0.4, -0.2) is 53.2 Å². The van der Waals surface area contributed by atoms with Crippen LogP contribution in [0.4, 0.5) is 53.7 Å². The first kappa shape index (κ1) is 36.8. The number of anilines is 4. The van der Waals surface area contributed by atoms with Gasteiger partial charge in [0.1, 0.15) is 17.3 Å². The van der Waals surface area contributed by atoms with Gasteiger partial charge in [-0.05, 0) is 68.3 Å². The molecule has 1 atom stereocenters. The van der Waals surface area contributed by atoms with E-state index in [4.69, 9.17) is 23.2 Å². The van der Waals surface area contributed by atoms with Crippen LogP contribution in [0.1, 0.15) is 36.2 Å². The highest BCUT2D eigenvalue weighted by Gasteiger charge is 2.52. The number of alkyl halides is 7. The first-order chi connectivity index (χ1) is 23.2. The highest BCUT2D eigenvalue weighted by molar-refractivity contribution is 6.39. The quantitative estimate of drug-likeness (QED) is 0.149. The van der Waals surface area contributed by atoms with Crippen molar-refractivity contribution in [2.45, 2.75) is 45.5 Å². The number of rotatable bonds is 9. The molecule has 4 aromatic rings. The Labute approximate surface area is 290 Å². The van der Waals surface area contributed by atoms with Crippen molar-refractivity contribution in [2.24, 2.45) is 12.5 Å². The van der Waals surface area contributed by atoms with Gasteiger partial charge in [0.15, 0.2) is 0 Å². The monoisotopic (exact) mass is 748 g/mol. The zero-order valence-corrected chi connectivity index (χ0v) is 28.0. The zero-order valence-electron chi connectivity index (χ0n) is 26.5. The van der Waals surface area contributed by atoms with E-state index in [0.29, 0.717) is 23.3 Å². The maximum Gasteiger partial charge on any atom is 0.573 e. The van der Waals surface area contributed by atoms with Gasteiger partial charge in [-0.3, -0.25) is 9.59 Å². The minimum absolute atomic E-state index is 0.00753. The van der Waals surface area contributed by atoms with Crippen LogP contribution in [-0.2, 0) is 18.4 Å². The standard InChI is InChI=1S/C32H29Cl2F7N6O3/c1-30(2,31(36,37)38)28(49)42-14-16-4-9-21(33)26(25(16)34)45-29-44-22-12-20(23(13-24(22)46(29)3)47-11-10-17(35)15-47)27(48)43-18-5-7-19(8-6-18)50-32(39,40)41/h4-9,12-13,17H,10-11,14-15H2,1-3H3,(H,42,49)(H,43,48)(H,44,45)/t17-/m1/s1. The average Bonchev–Trinajstić information content (AvgIpc) is 3.59. The number of hydrogen-bond acceptors (Lipinski definition) is 6. The predicted molar refractivity (Wildman–Crippen MR) is 175 cm³/mol. The summed E-state index contributed by atoms with van der Waals surface area (Å²) in [5.41, 5.74) is -0.739. The van der Waals surface area contributed by atoms with E-state index >= 15 is 0 Å². The first-order valence-electron chi connectivity index (χ1n) is 14.9. The molecule has 1 fully saturated rings. The second kappa shape index (κ2) is 13.7. The SMILES string of the molecule is Cn1c(Nc2c(Cl)ccc(CNC(=O)C(C)(C)C(F)(F)F)c2Cl)nc2cc(C(=O)Nc3ccc(OC(F)(F)F)cc3)c(N3CC[C@@H](F)C3)cc21. The van der Waals surface area contributed by atoms with Crippen LogP contribution in [0.25, 0.3) is 11.0 Å². The molecule has 268 valence electrons. The molecule has 0 spiro atoms. The van der Waals surface area contributed by atoms with E-state index in [1.54, 1.807) is 22.6 Å². The van der Waals surface area contributed by atoms with Gasteiger partial charge in [0.05, 0.1) is 38.0 Å². The number of hydrogen-bond donors (Lipinski definition) is 3. The van der Waals surface area contributed by atoms with Crippen molar-refractivity contribution in [3.8, 4) is 5.75 Å². The number of carbonyl (C=O) groups excluding carboxylic acids is 2. The van der Waals surface area contributed by atoms with Gasteiger partial charge in [-0.15, -0.1) is 13.2 Å². The number of benzene rings is 3. The van der Waals surface area contributed by atoms with Gasteiger partial charge < -0.3 is 30.2 Å². The molecule has 50 heavy (non-hydrogen) atoms. The number of aromatic nitrogens is 2. The van der Waals surface area contributed by atoms with Crippen molar-refractivity contribution in [3.63, 3.8) is 0 Å². The summed E-state index contributed by atoms with van der Waals surface area (Å²) in [7, 11) is 1.65. The Morgan fingerprint density at radius 1 is 1.02 bits per heavy atom. The van der Waals surface area contributed by atoms with E-state index in [9.17, 15) is 40.3 Å². The molecule has 0 saturated carbocycles. The Balaban J connectivity index is 1.44. The van der Waals surface area contributed by atoms with Crippen LogP contribution in [0.5, 0.6) is 5.75 Å². The molecular formula is C32H29Cl2F7N6O3. The second-order valence-corrected chi connectivity index (χ2v) is 12.8. The number of fused-ring (bicyclic) bond motifs is 1. The summed E-state index contributed by atoms with van der Waals surface area (Å²) >= 11 is 13.0. The molecule has 0 radical (unpaired) electrons. The molecule has 3 N–H and O–H groups in total. The Hall–Kier alpha value is -4.44. The molecule has 18 heteroatoms. The third kappa shape index (κ3) is 7.80. The molecule has 2 heterocycles. The number of imidazole rings is 1. The number of ether oxygens (including phenoxy) is 1. The molecule has 0 aliphatic carbocycles. The zero-order chi connectivity index (χ0) is 36.8. The number of aryl methyl sites for hydroxylation is 1. The van der Waals surface area contributed by atoms with Crippen LogP contribution < -0.4 is 25.6 Å². The minimum Gasteiger partial charge on any atom is -0.406 e. The van der Waals surface area contributed by atoms with Crippen LogP contribution in [0, 0.1) is 5.41 Å². The molecule has 2 amide bonds. The van der Waals surface area contributed by atoms with E-state index < -0.39 is 41.7 Å². The van der Waals surface area contributed by atoms with Crippen molar-refractivity contribution < 1.29 is 45.1 Å². The van der Waals surface area contributed by atoms with Gasteiger partial charge in [-0.2, -0.15) is 13.2 Å². The van der Waals surface area contributed by atoms with E-state index in [1.807, 2.05) is 0 Å². The smallest absolute Gasteiger partial charge is 0.406 e. The molecule has 3 aromatic carbocycles. The Kier molecular flexibility index (Phi) is 10.1. The summed E-state index contributed by atoms with van der Waals surface area (Å²) in [6, 6.07) is 10.6. The fourth-order valence-electron chi connectivity index (χ4n) is 5.14. The molecule has 5 rings (SSSR count). The van der Waals surface area contributed by atoms with Gasteiger partial charge in [0.2, 0.25) is 11.9 Å². The Morgan fingerprint density at radius 2 is 1.70 bits per heavy atom. The summed E-state index contributed by atoms with van der Waals surface area (Å²) < 4.78 is 97.5. The van der Waals surface area contributed by atoms with Crippen LogP contribution >= 0.6 is 23.2 Å². The summed E-state index contributed by atoms with van der Waals surface area (Å²) in [6.45, 7) is 1.52. The van der Waals surface area contributed by atoms with Gasteiger partial charge >= 0.3 is 12.5 Å². The number of nitrogens with zero attached hydrogens (tertiary/aromatic N) is 3. The summed E-state index contributed by atoms with van der Waals surface area (Å²) in [5, 5.41) is 8.04. The molecule has 9 nitrogen and oxygen atoms in total. The van der Waals surface area contributed by atoms with Gasteiger partial charge in [-0.25, -0.2) is 9.37 Å². The third-order valence-electron chi connectivity index (χ3n) is 8.18. The topological polar surface area (TPSA) is 101 Å². The van der Waals surface area contributed by atoms with Crippen molar-refractivity contribution >= 4 is 69.1 Å². The Bertz CT molecular complexity index is 1930. The predicted octanol–water partition coefficient (Wildman–Crippen LogP) is 8.53. The number of carbonyl (C=O) groups is 2. The van der Waals surface area contributed by atoms with E-state index in [-0.39, 0.29) is 58.0 Å². The summed E-state index contributed by atoms with van der Waals surface area (Å²) in [5.74, 6) is -2.17. The van der Waals surface area contributed by atoms with Crippen molar-refractivity contribution in [2.75, 3.05) is 28.6 Å². The van der Waals surface area contributed by atoms with Gasteiger partial charge in [0, 0.05) is 32.4 Å². The van der Waals surface area contributed by atoms with E-state index in [0.717, 1.165) is 26.0 Å². The van der Waals surface area contributed by atoms with E-state index in [2.05, 4.69) is 25.7 Å². The Morgan fingerprint density at radius 3 is 2.30 bits per heavy atom. The second-order valence-electron chi connectivity index (χ2n) is 12.0.